The largest absolute Gasteiger partial charge is 0.339 e. The van der Waals surface area contributed by atoms with E-state index in [2.05, 4.69) is 31.6 Å². The van der Waals surface area contributed by atoms with E-state index in [1.165, 1.54) is 0 Å². The monoisotopic (exact) mass is 325 g/mol. The zero-order valence-corrected chi connectivity index (χ0v) is 13.1. The first-order valence-electron chi connectivity index (χ1n) is 7.99. The van der Waals surface area contributed by atoms with Gasteiger partial charge < -0.3 is 5.32 Å². The quantitative estimate of drug-likeness (QED) is 0.610. The number of rotatable bonds is 4. The molecule has 2 unspecified atom stereocenters. The summed E-state index contributed by atoms with van der Waals surface area (Å²) in [5.41, 5.74) is 8.14. The van der Waals surface area contributed by atoms with E-state index in [1.54, 1.807) is 0 Å². The predicted octanol–water partition coefficient (Wildman–Crippen LogP) is -0.460. The first-order valence-corrected chi connectivity index (χ1v) is 7.99. The number of carbonyl (C=O) groups excluding carboxylic acids is 1. The van der Waals surface area contributed by atoms with Gasteiger partial charge in [0.25, 0.3) is 0 Å². The number of para-hydroxylation sites is 1. The third-order valence-electron chi connectivity index (χ3n) is 4.18. The van der Waals surface area contributed by atoms with Crippen LogP contribution < -0.4 is 21.5 Å². The van der Waals surface area contributed by atoms with E-state index < -0.39 is 0 Å². The smallest absolute Gasteiger partial charge is 0.234 e. The van der Waals surface area contributed by atoms with E-state index in [4.69, 9.17) is 0 Å². The number of amides is 1. The molecule has 2 fully saturated rings. The number of hydrogen-bond donors (Lipinski definition) is 4. The van der Waals surface area contributed by atoms with Crippen molar-refractivity contribution in [2.24, 2.45) is 10.9 Å². The van der Waals surface area contributed by atoms with Crippen molar-refractivity contribution in [1.29, 1.82) is 0 Å². The molecule has 8 heteroatoms. The molecule has 8 nitrogen and oxygen atoms in total. The second kappa shape index (κ2) is 6.42. The minimum atomic E-state index is -0.104. The van der Waals surface area contributed by atoms with Gasteiger partial charge in [0.1, 0.15) is 6.17 Å². The first-order chi connectivity index (χ1) is 11.8. The summed E-state index contributed by atoms with van der Waals surface area (Å²) >= 11 is 0. The van der Waals surface area contributed by atoms with Gasteiger partial charge in [0.05, 0.1) is 17.8 Å². The summed E-state index contributed by atoms with van der Waals surface area (Å²) in [6.07, 6.45) is 4.51. The fourth-order valence-corrected chi connectivity index (χ4v) is 2.86. The Kier molecular flexibility index (Phi) is 3.97. The van der Waals surface area contributed by atoms with Gasteiger partial charge in [-0.15, -0.1) is 0 Å². The minimum absolute atomic E-state index is 0.00750. The van der Waals surface area contributed by atoms with E-state index in [0.29, 0.717) is 19.0 Å². The van der Waals surface area contributed by atoms with Crippen LogP contribution in [0.5, 0.6) is 0 Å². The van der Waals surface area contributed by atoms with Crippen molar-refractivity contribution >= 4 is 11.9 Å². The Morgan fingerprint density at radius 3 is 3.04 bits per heavy atom. The third-order valence-corrected chi connectivity index (χ3v) is 4.18. The molecule has 4 N–H and O–H groups in total. The number of aromatic nitrogens is 2. The topological polar surface area (TPSA) is 95.4 Å². The summed E-state index contributed by atoms with van der Waals surface area (Å²) in [4.78, 5) is 16.4. The fourth-order valence-electron chi connectivity index (χ4n) is 2.86. The van der Waals surface area contributed by atoms with Crippen molar-refractivity contribution in [3.63, 3.8) is 0 Å². The normalized spacial score (nSPS) is 24.5. The van der Waals surface area contributed by atoms with Crippen molar-refractivity contribution in [1.82, 2.24) is 31.3 Å². The van der Waals surface area contributed by atoms with Crippen LogP contribution in [0.4, 0.5) is 0 Å². The summed E-state index contributed by atoms with van der Waals surface area (Å²) in [5, 5.41) is 10.4. The highest BCUT2D eigenvalue weighted by Crippen LogP contribution is 2.10. The van der Waals surface area contributed by atoms with Gasteiger partial charge in [-0.05, 0) is 24.1 Å². The molecule has 1 amide bonds. The van der Waals surface area contributed by atoms with Gasteiger partial charge in [-0.1, -0.05) is 18.2 Å². The number of benzene rings is 1. The molecule has 0 saturated carbocycles. The average molecular weight is 325 g/mol. The van der Waals surface area contributed by atoms with Gasteiger partial charge in [-0.25, -0.2) is 10.1 Å². The Morgan fingerprint density at radius 1 is 1.29 bits per heavy atom. The Labute approximate surface area is 139 Å². The van der Waals surface area contributed by atoms with Crippen molar-refractivity contribution in [2.45, 2.75) is 12.6 Å². The fraction of sp³-hybridized carbons (Fsp3) is 0.312. The van der Waals surface area contributed by atoms with Gasteiger partial charge in [-0.3, -0.25) is 20.5 Å². The number of carbonyl (C=O) groups is 1. The lowest BCUT2D eigenvalue weighted by Gasteiger charge is -2.27. The SMILES string of the molecule is O=C1NC(=NCCc2cnn(-c3ccccc3)c2)NC2NNCC12. The van der Waals surface area contributed by atoms with E-state index in [1.807, 2.05) is 47.4 Å². The van der Waals surface area contributed by atoms with E-state index in [9.17, 15) is 4.79 Å². The summed E-state index contributed by atoms with van der Waals surface area (Å²) in [5.74, 6) is 0.410. The standard InChI is InChI=1S/C16H19N7O/c24-15-13-9-18-22-14(13)20-16(21-15)17-7-6-11-8-19-23(10-11)12-4-2-1-3-5-12/h1-5,8,10,13-14,18,22H,6-7,9H2,(H2,17,20,21,24). The zero-order valence-electron chi connectivity index (χ0n) is 13.1. The van der Waals surface area contributed by atoms with Gasteiger partial charge >= 0.3 is 0 Å². The summed E-state index contributed by atoms with van der Waals surface area (Å²) < 4.78 is 1.85. The molecule has 2 atom stereocenters. The summed E-state index contributed by atoms with van der Waals surface area (Å²) in [6, 6.07) is 9.97. The zero-order chi connectivity index (χ0) is 16.4. The number of nitrogens with one attached hydrogen (secondary N) is 4. The molecule has 24 heavy (non-hydrogen) atoms. The van der Waals surface area contributed by atoms with Crippen molar-refractivity contribution in [3.8, 4) is 5.69 Å². The maximum absolute atomic E-state index is 12.0. The Bertz CT molecular complexity index is 755. The van der Waals surface area contributed by atoms with Crippen molar-refractivity contribution < 1.29 is 4.79 Å². The molecule has 0 spiro atoms. The van der Waals surface area contributed by atoms with E-state index >= 15 is 0 Å². The molecular formula is C16H19N7O. The summed E-state index contributed by atoms with van der Waals surface area (Å²) in [7, 11) is 0. The molecule has 2 saturated heterocycles. The molecule has 0 bridgehead atoms. The van der Waals surface area contributed by atoms with E-state index in [-0.39, 0.29) is 18.0 Å². The minimum Gasteiger partial charge on any atom is -0.339 e. The van der Waals surface area contributed by atoms with Gasteiger partial charge in [0.15, 0.2) is 5.96 Å². The molecule has 0 aliphatic carbocycles. The highest BCUT2D eigenvalue weighted by atomic mass is 16.2. The highest BCUT2D eigenvalue weighted by molar-refractivity contribution is 6.01. The molecule has 0 radical (unpaired) electrons. The van der Waals surface area contributed by atoms with Crippen molar-refractivity contribution in [3.05, 3.63) is 48.3 Å². The number of fused-ring (bicyclic) bond motifs is 1. The average Bonchev–Trinajstić information content (AvgIpc) is 3.25. The second-order valence-electron chi connectivity index (χ2n) is 5.85. The number of nitrogens with zero attached hydrogens (tertiary/aromatic N) is 3. The summed E-state index contributed by atoms with van der Waals surface area (Å²) in [6.45, 7) is 1.20. The molecular weight excluding hydrogens is 306 g/mol. The number of hydrazine groups is 1. The molecule has 2 aliphatic rings. The third kappa shape index (κ3) is 3.01. The van der Waals surface area contributed by atoms with E-state index in [0.717, 1.165) is 17.7 Å². The Morgan fingerprint density at radius 2 is 2.17 bits per heavy atom. The number of guanidine groups is 1. The maximum Gasteiger partial charge on any atom is 0.234 e. The van der Waals surface area contributed by atoms with Crippen LogP contribution in [0.2, 0.25) is 0 Å². The molecule has 2 aromatic rings. The maximum atomic E-state index is 12.0. The highest BCUT2D eigenvalue weighted by Gasteiger charge is 2.37. The lowest BCUT2D eigenvalue weighted by Crippen LogP contribution is -2.61. The van der Waals surface area contributed by atoms with Gasteiger partial charge in [0.2, 0.25) is 5.91 Å². The molecule has 4 rings (SSSR count). The first kappa shape index (κ1) is 14.9. The molecule has 1 aromatic carbocycles. The van der Waals surface area contributed by atoms with Crippen LogP contribution in [0.3, 0.4) is 0 Å². The number of hydrogen-bond acceptors (Lipinski definition) is 5. The number of aliphatic imine (C=N–C) groups is 1. The van der Waals surface area contributed by atoms with Crippen LogP contribution in [0.1, 0.15) is 5.56 Å². The molecule has 124 valence electrons. The van der Waals surface area contributed by atoms with Crippen LogP contribution in [0.15, 0.2) is 47.7 Å². The van der Waals surface area contributed by atoms with Gasteiger partial charge in [0, 0.05) is 19.3 Å². The van der Waals surface area contributed by atoms with Crippen LogP contribution in [-0.2, 0) is 11.2 Å². The Balaban J connectivity index is 1.36. The lowest BCUT2D eigenvalue weighted by atomic mass is 10.1. The molecule has 3 heterocycles. The Hall–Kier alpha value is -2.71. The molecule has 2 aliphatic heterocycles. The molecule has 1 aromatic heterocycles. The van der Waals surface area contributed by atoms with Crippen LogP contribution >= 0.6 is 0 Å². The predicted molar refractivity (Wildman–Crippen MR) is 89.3 cm³/mol. The van der Waals surface area contributed by atoms with Crippen LogP contribution in [-0.4, -0.2) is 40.9 Å². The lowest BCUT2D eigenvalue weighted by molar-refractivity contribution is -0.124. The van der Waals surface area contributed by atoms with Crippen LogP contribution in [0, 0.1) is 5.92 Å². The van der Waals surface area contributed by atoms with Crippen molar-refractivity contribution in [2.75, 3.05) is 13.1 Å². The second-order valence-corrected chi connectivity index (χ2v) is 5.85. The van der Waals surface area contributed by atoms with Gasteiger partial charge in [-0.2, -0.15) is 5.10 Å². The van der Waals surface area contributed by atoms with Crippen LogP contribution in [0.25, 0.3) is 5.69 Å².